The van der Waals surface area contributed by atoms with Gasteiger partial charge >= 0.3 is 5.97 Å². The fourth-order valence-corrected chi connectivity index (χ4v) is 4.23. The Balaban J connectivity index is 2.37. The maximum atomic E-state index is 13.3. The second-order valence-corrected chi connectivity index (χ2v) is 7.06. The van der Waals surface area contributed by atoms with Gasteiger partial charge in [-0.3, -0.25) is 4.79 Å². The number of hydrogen-bond donors (Lipinski definition) is 1. The molecule has 0 radical (unpaired) electrons. The highest BCUT2D eigenvalue weighted by molar-refractivity contribution is 7.89. The van der Waals surface area contributed by atoms with E-state index in [1.165, 1.54) is 12.1 Å². The summed E-state index contributed by atoms with van der Waals surface area (Å²) in [6, 6.07) is 3.57. The molecular formula is C13H16FNO4S. The van der Waals surface area contributed by atoms with Crippen molar-refractivity contribution in [1.82, 2.24) is 4.31 Å². The molecule has 1 N–H and O–H groups in total. The van der Waals surface area contributed by atoms with Crippen LogP contribution in [0.15, 0.2) is 23.1 Å². The summed E-state index contributed by atoms with van der Waals surface area (Å²) in [5, 5.41) is 9.05. The highest BCUT2D eigenvalue weighted by Crippen LogP contribution is 2.30. The minimum Gasteiger partial charge on any atom is -0.481 e. The van der Waals surface area contributed by atoms with Crippen LogP contribution in [0, 0.1) is 24.6 Å². The van der Waals surface area contributed by atoms with Crippen molar-refractivity contribution in [1.29, 1.82) is 0 Å². The largest absolute Gasteiger partial charge is 0.481 e. The Labute approximate surface area is 117 Å². The molecule has 110 valence electrons. The highest BCUT2D eigenvalue weighted by Gasteiger charge is 2.41. The molecule has 1 aromatic carbocycles. The first-order valence-corrected chi connectivity index (χ1v) is 7.66. The van der Waals surface area contributed by atoms with Crippen LogP contribution in [0.2, 0.25) is 0 Å². The lowest BCUT2D eigenvalue weighted by Crippen LogP contribution is -2.30. The molecule has 1 aromatic rings. The zero-order valence-electron chi connectivity index (χ0n) is 11.2. The molecular weight excluding hydrogens is 285 g/mol. The highest BCUT2D eigenvalue weighted by atomic mass is 32.2. The van der Waals surface area contributed by atoms with Gasteiger partial charge < -0.3 is 5.11 Å². The van der Waals surface area contributed by atoms with Gasteiger partial charge in [-0.1, -0.05) is 13.0 Å². The quantitative estimate of drug-likeness (QED) is 0.917. The Bertz CT molecular complexity index is 644. The number of carboxylic acids is 1. The fourth-order valence-electron chi connectivity index (χ4n) is 2.43. The molecule has 0 saturated carbocycles. The summed E-state index contributed by atoms with van der Waals surface area (Å²) >= 11 is 0. The van der Waals surface area contributed by atoms with Crippen LogP contribution in [0.5, 0.6) is 0 Å². The van der Waals surface area contributed by atoms with Gasteiger partial charge in [0, 0.05) is 13.1 Å². The number of carbonyl (C=O) groups is 1. The van der Waals surface area contributed by atoms with Crippen LogP contribution >= 0.6 is 0 Å². The Morgan fingerprint density at radius 3 is 2.60 bits per heavy atom. The van der Waals surface area contributed by atoms with E-state index >= 15 is 0 Å². The Kier molecular flexibility index (Phi) is 3.84. The van der Waals surface area contributed by atoms with E-state index in [4.69, 9.17) is 5.11 Å². The van der Waals surface area contributed by atoms with E-state index in [1.54, 1.807) is 13.8 Å². The zero-order valence-corrected chi connectivity index (χ0v) is 12.0. The van der Waals surface area contributed by atoms with E-state index in [0.29, 0.717) is 5.56 Å². The van der Waals surface area contributed by atoms with E-state index in [2.05, 4.69) is 0 Å². The summed E-state index contributed by atoms with van der Waals surface area (Å²) in [7, 11) is -3.86. The third kappa shape index (κ3) is 2.55. The van der Waals surface area contributed by atoms with E-state index < -0.39 is 27.7 Å². The minimum atomic E-state index is -3.86. The molecule has 2 rings (SSSR count). The predicted molar refractivity (Wildman–Crippen MR) is 70.2 cm³/mol. The van der Waals surface area contributed by atoms with Gasteiger partial charge in [-0.05, 0) is 30.5 Å². The second-order valence-electron chi connectivity index (χ2n) is 5.15. The van der Waals surface area contributed by atoms with Crippen molar-refractivity contribution in [2.75, 3.05) is 13.1 Å². The monoisotopic (exact) mass is 301 g/mol. The zero-order chi connectivity index (χ0) is 15.1. The van der Waals surface area contributed by atoms with E-state index in [1.807, 2.05) is 0 Å². The molecule has 2 unspecified atom stereocenters. The lowest BCUT2D eigenvalue weighted by atomic mass is 9.99. The molecule has 1 fully saturated rings. The average Bonchev–Trinajstić information content (AvgIpc) is 2.75. The smallest absolute Gasteiger partial charge is 0.308 e. The molecule has 2 atom stereocenters. The number of rotatable bonds is 3. The second kappa shape index (κ2) is 5.14. The molecule has 20 heavy (non-hydrogen) atoms. The summed E-state index contributed by atoms with van der Waals surface area (Å²) in [6.45, 7) is 3.34. The standard InChI is InChI=1S/C13H16FNO4S/c1-8-3-4-10(14)5-12(8)20(18,19)15-6-9(2)11(7-15)13(16)17/h3-5,9,11H,6-7H2,1-2H3,(H,16,17). The van der Waals surface area contributed by atoms with E-state index in [-0.39, 0.29) is 23.9 Å². The maximum absolute atomic E-state index is 13.3. The molecule has 1 aliphatic rings. The Hall–Kier alpha value is -1.47. The normalized spacial score (nSPS) is 23.9. The topological polar surface area (TPSA) is 74.7 Å². The predicted octanol–water partition coefficient (Wildman–Crippen LogP) is 1.48. The molecule has 1 saturated heterocycles. The van der Waals surface area contributed by atoms with Gasteiger partial charge in [0.15, 0.2) is 0 Å². The van der Waals surface area contributed by atoms with Gasteiger partial charge in [-0.15, -0.1) is 0 Å². The summed E-state index contributed by atoms with van der Waals surface area (Å²) in [4.78, 5) is 11.0. The van der Waals surface area contributed by atoms with Gasteiger partial charge in [0.1, 0.15) is 5.82 Å². The summed E-state index contributed by atoms with van der Waals surface area (Å²) in [6.07, 6.45) is 0. The lowest BCUT2D eigenvalue weighted by Gasteiger charge is -2.17. The number of benzene rings is 1. The van der Waals surface area contributed by atoms with Crippen molar-refractivity contribution in [2.45, 2.75) is 18.7 Å². The Morgan fingerprint density at radius 2 is 2.05 bits per heavy atom. The molecule has 7 heteroatoms. The number of halogens is 1. The van der Waals surface area contributed by atoms with Crippen molar-refractivity contribution >= 4 is 16.0 Å². The van der Waals surface area contributed by atoms with Crippen molar-refractivity contribution in [3.63, 3.8) is 0 Å². The maximum Gasteiger partial charge on any atom is 0.308 e. The van der Waals surface area contributed by atoms with Crippen LogP contribution in [0.3, 0.4) is 0 Å². The van der Waals surface area contributed by atoms with Crippen LogP contribution in [-0.4, -0.2) is 36.9 Å². The number of hydrogen-bond acceptors (Lipinski definition) is 3. The third-order valence-electron chi connectivity index (χ3n) is 3.66. The number of sulfonamides is 1. The first-order chi connectivity index (χ1) is 9.23. The molecule has 0 aromatic heterocycles. The summed E-state index contributed by atoms with van der Waals surface area (Å²) in [5.74, 6) is -2.63. The first kappa shape index (κ1) is 14.9. The molecule has 1 heterocycles. The number of aliphatic carboxylic acids is 1. The van der Waals surface area contributed by atoms with E-state index in [0.717, 1.165) is 10.4 Å². The van der Waals surface area contributed by atoms with Crippen molar-refractivity contribution in [2.24, 2.45) is 11.8 Å². The number of carboxylic acid groups (broad SMARTS) is 1. The average molecular weight is 301 g/mol. The van der Waals surface area contributed by atoms with Crippen LogP contribution < -0.4 is 0 Å². The van der Waals surface area contributed by atoms with Gasteiger partial charge in [-0.25, -0.2) is 12.8 Å². The molecule has 0 amide bonds. The van der Waals surface area contributed by atoms with Crippen LogP contribution in [0.4, 0.5) is 4.39 Å². The van der Waals surface area contributed by atoms with Gasteiger partial charge in [0.2, 0.25) is 10.0 Å². The van der Waals surface area contributed by atoms with Gasteiger partial charge in [0.25, 0.3) is 0 Å². The van der Waals surface area contributed by atoms with Gasteiger partial charge in [-0.2, -0.15) is 4.31 Å². The molecule has 0 aliphatic carbocycles. The number of nitrogens with zero attached hydrogens (tertiary/aromatic N) is 1. The van der Waals surface area contributed by atoms with E-state index in [9.17, 15) is 17.6 Å². The SMILES string of the molecule is Cc1ccc(F)cc1S(=O)(=O)N1CC(C)C(C(=O)O)C1. The fraction of sp³-hybridized carbons (Fsp3) is 0.462. The van der Waals surface area contributed by atoms with Crippen molar-refractivity contribution < 1.29 is 22.7 Å². The first-order valence-electron chi connectivity index (χ1n) is 6.22. The minimum absolute atomic E-state index is 0.0746. The lowest BCUT2D eigenvalue weighted by molar-refractivity contribution is -0.142. The van der Waals surface area contributed by atoms with Crippen LogP contribution in [0.25, 0.3) is 0 Å². The summed E-state index contributed by atoms with van der Waals surface area (Å²) < 4.78 is 39.4. The third-order valence-corrected chi connectivity index (χ3v) is 5.64. The van der Waals surface area contributed by atoms with Crippen LogP contribution in [0.1, 0.15) is 12.5 Å². The van der Waals surface area contributed by atoms with Gasteiger partial charge in [0.05, 0.1) is 10.8 Å². The molecule has 5 nitrogen and oxygen atoms in total. The molecule has 0 spiro atoms. The molecule has 1 aliphatic heterocycles. The van der Waals surface area contributed by atoms with Crippen molar-refractivity contribution in [3.8, 4) is 0 Å². The number of aryl methyl sites for hydroxylation is 1. The van der Waals surface area contributed by atoms with Crippen molar-refractivity contribution in [3.05, 3.63) is 29.6 Å². The summed E-state index contributed by atoms with van der Waals surface area (Å²) in [5.41, 5.74) is 0.442. The molecule has 0 bridgehead atoms. The Morgan fingerprint density at radius 1 is 1.40 bits per heavy atom. The van der Waals surface area contributed by atoms with Crippen LogP contribution in [-0.2, 0) is 14.8 Å².